The summed E-state index contributed by atoms with van der Waals surface area (Å²) in [5, 5.41) is 0. The van der Waals surface area contributed by atoms with E-state index in [9.17, 15) is 13.0 Å². The molecule has 92 valence electrons. The number of hydrogen-bond acceptors (Lipinski definition) is 4. The molecule has 0 aliphatic carbocycles. The van der Waals surface area contributed by atoms with Gasteiger partial charge >= 0.3 is 29.6 Å². The first-order valence-electron chi connectivity index (χ1n) is 5.19. The number of allylic oxidation sites excluding steroid dienone is 1. The van der Waals surface area contributed by atoms with E-state index < -0.39 is 10.1 Å². The van der Waals surface area contributed by atoms with Gasteiger partial charge < -0.3 is 9.45 Å². The maximum Gasteiger partial charge on any atom is 1.00 e. The number of hydrogen-bond donors (Lipinski definition) is 0. The molecule has 0 fully saturated rings. The fourth-order valence-electron chi connectivity index (χ4n) is 2.18. The average Bonchev–Trinajstić information content (AvgIpc) is 2.39. The van der Waals surface area contributed by atoms with Crippen molar-refractivity contribution in [1.82, 2.24) is 0 Å². The molecule has 0 saturated carbocycles. The first kappa shape index (κ1) is 15.7. The van der Waals surface area contributed by atoms with Crippen molar-refractivity contribution in [2.24, 2.45) is 0 Å². The molecule has 1 aromatic rings. The van der Waals surface area contributed by atoms with Crippen molar-refractivity contribution in [3.8, 4) is 0 Å². The predicted octanol–water partition coefficient (Wildman–Crippen LogP) is -1.16. The summed E-state index contributed by atoms with van der Waals surface area (Å²) in [6.45, 7) is 7.91. The molecule has 18 heavy (non-hydrogen) atoms. The largest absolute Gasteiger partial charge is 1.00 e. The molecule has 0 saturated heterocycles. The second-order valence-corrected chi connectivity index (χ2v) is 6.14. The third-order valence-corrected chi connectivity index (χ3v) is 4.25. The van der Waals surface area contributed by atoms with Gasteiger partial charge in [0.2, 0.25) is 0 Å². The summed E-state index contributed by atoms with van der Waals surface area (Å²) in [5.41, 5.74) is 2.24. The molecular formula is C12H14NNaO3S. The normalized spacial score (nSPS) is 17.3. The molecule has 1 aliphatic rings. The Kier molecular flexibility index (Phi) is 4.06. The Morgan fingerprint density at radius 1 is 1.33 bits per heavy atom. The number of fused-ring (bicyclic) bond motifs is 1. The molecule has 0 bridgehead atoms. The van der Waals surface area contributed by atoms with E-state index >= 15 is 0 Å². The Balaban J connectivity index is 0.00000162. The molecule has 0 radical (unpaired) electrons. The van der Waals surface area contributed by atoms with Gasteiger partial charge in [0.15, 0.2) is 0 Å². The molecule has 0 unspecified atom stereocenters. The van der Waals surface area contributed by atoms with Gasteiger partial charge in [0.1, 0.15) is 10.1 Å². The summed E-state index contributed by atoms with van der Waals surface area (Å²) in [4.78, 5) is 1.73. The fraction of sp³-hybridized carbons (Fsp3) is 0.333. The van der Waals surface area contributed by atoms with E-state index in [1.54, 1.807) is 6.07 Å². The standard InChI is InChI=1S/C12H15NO3S.Na/c1-8-12(2,3)10-7-9(17(14,15)16)5-6-11(10)13(8)4;/h5-7H,1H2,2-4H3,(H,14,15,16);/q;+1/p-1. The number of benzene rings is 1. The Labute approximate surface area is 130 Å². The van der Waals surface area contributed by atoms with Crippen LogP contribution in [0.25, 0.3) is 0 Å². The van der Waals surface area contributed by atoms with Gasteiger partial charge in [-0.05, 0) is 23.8 Å². The summed E-state index contributed by atoms with van der Waals surface area (Å²) in [6, 6.07) is 4.44. The zero-order chi connectivity index (χ0) is 13.0. The van der Waals surface area contributed by atoms with E-state index in [4.69, 9.17) is 0 Å². The molecule has 2 rings (SSSR count). The van der Waals surface area contributed by atoms with E-state index in [-0.39, 0.29) is 39.9 Å². The number of nitrogens with zero attached hydrogens (tertiary/aromatic N) is 1. The molecule has 1 aromatic carbocycles. The first-order chi connectivity index (χ1) is 7.65. The number of anilines is 1. The molecule has 1 aliphatic heterocycles. The van der Waals surface area contributed by atoms with Crippen LogP contribution in [0.2, 0.25) is 0 Å². The van der Waals surface area contributed by atoms with Crippen molar-refractivity contribution in [2.75, 3.05) is 11.9 Å². The van der Waals surface area contributed by atoms with Gasteiger partial charge in [0.05, 0.1) is 4.90 Å². The molecule has 0 spiro atoms. The second-order valence-electron chi connectivity index (χ2n) is 4.76. The predicted molar refractivity (Wildman–Crippen MR) is 65.0 cm³/mol. The third-order valence-electron chi connectivity index (χ3n) is 3.42. The fourth-order valence-corrected chi connectivity index (χ4v) is 2.68. The summed E-state index contributed by atoms with van der Waals surface area (Å²) in [6.07, 6.45) is 0. The van der Waals surface area contributed by atoms with Gasteiger partial charge in [0, 0.05) is 23.8 Å². The van der Waals surface area contributed by atoms with Crippen LogP contribution in [0.5, 0.6) is 0 Å². The topological polar surface area (TPSA) is 60.4 Å². The molecular weight excluding hydrogens is 261 g/mol. The SMILES string of the molecule is C=C1N(C)c2ccc(S(=O)(=O)[O-])cc2C1(C)C.[Na+]. The maximum absolute atomic E-state index is 11.0. The van der Waals surface area contributed by atoms with Gasteiger partial charge in [-0.25, -0.2) is 8.42 Å². The van der Waals surface area contributed by atoms with E-state index in [1.807, 2.05) is 25.8 Å². The monoisotopic (exact) mass is 275 g/mol. The van der Waals surface area contributed by atoms with Crippen molar-refractivity contribution < 1.29 is 42.5 Å². The average molecular weight is 275 g/mol. The Hall–Kier alpha value is -0.330. The van der Waals surface area contributed by atoms with Crippen molar-refractivity contribution in [3.63, 3.8) is 0 Å². The Morgan fingerprint density at radius 3 is 2.39 bits per heavy atom. The molecule has 0 aromatic heterocycles. The van der Waals surface area contributed by atoms with Crippen LogP contribution in [0.15, 0.2) is 35.4 Å². The third kappa shape index (κ3) is 2.26. The molecule has 1 heterocycles. The van der Waals surface area contributed by atoms with Gasteiger partial charge in [-0.1, -0.05) is 20.4 Å². The van der Waals surface area contributed by atoms with Crippen LogP contribution < -0.4 is 34.5 Å². The van der Waals surface area contributed by atoms with Crippen LogP contribution in [0.3, 0.4) is 0 Å². The quantitative estimate of drug-likeness (QED) is 0.479. The van der Waals surface area contributed by atoms with Crippen molar-refractivity contribution in [2.45, 2.75) is 24.2 Å². The maximum atomic E-state index is 11.0. The van der Waals surface area contributed by atoms with E-state index in [2.05, 4.69) is 6.58 Å². The molecule has 0 atom stereocenters. The van der Waals surface area contributed by atoms with Crippen LogP contribution in [0, 0.1) is 0 Å². The van der Waals surface area contributed by atoms with Crippen LogP contribution in [0.1, 0.15) is 19.4 Å². The van der Waals surface area contributed by atoms with Crippen molar-refractivity contribution in [1.29, 1.82) is 0 Å². The Bertz CT molecular complexity index is 608. The summed E-state index contributed by atoms with van der Waals surface area (Å²) in [5.74, 6) is 0. The Morgan fingerprint density at radius 2 is 1.89 bits per heavy atom. The van der Waals surface area contributed by atoms with Crippen molar-refractivity contribution >= 4 is 15.8 Å². The zero-order valence-electron chi connectivity index (χ0n) is 11.0. The molecule has 0 N–H and O–H groups in total. The van der Waals surface area contributed by atoms with E-state index in [0.717, 1.165) is 16.9 Å². The van der Waals surface area contributed by atoms with Crippen LogP contribution in [-0.2, 0) is 15.5 Å². The smallest absolute Gasteiger partial charge is 0.744 e. The van der Waals surface area contributed by atoms with Gasteiger partial charge in [0.25, 0.3) is 0 Å². The minimum absolute atomic E-state index is 0. The van der Waals surface area contributed by atoms with Gasteiger partial charge in [-0.15, -0.1) is 0 Å². The summed E-state index contributed by atoms with van der Waals surface area (Å²) in [7, 11) is -2.53. The zero-order valence-corrected chi connectivity index (χ0v) is 13.8. The van der Waals surface area contributed by atoms with Gasteiger partial charge in [-0.2, -0.15) is 0 Å². The summed E-state index contributed by atoms with van der Waals surface area (Å²) < 4.78 is 33.0. The van der Waals surface area contributed by atoms with Crippen LogP contribution >= 0.6 is 0 Å². The van der Waals surface area contributed by atoms with Crippen LogP contribution in [-0.4, -0.2) is 20.0 Å². The number of likely N-dealkylation sites (N-methyl/N-ethyl adjacent to an activating group) is 1. The number of rotatable bonds is 1. The van der Waals surface area contributed by atoms with Crippen molar-refractivity contribution in [3.05, 3.63) is 36.0 Å². The minimum atomic E-state index is -4.41. The second kappa shape index (κ2) is 4.65. The first-order valence-corrected chi connectivity index (χ1v) is 6.60. The van der Waals surface area contributed by atoms with Gasteiger partial charge in [-0.3, -0.25) is 0 Å². The minimum Gasteiger partial charge on any atom is -0.744 e. The molecule has 4 nitrogen and oxygen atoms in total. The summed E-state index contributed by atoms with van der Waals surface area (Å²) >= 11 is 0. The van der Waals surface area contributed by atoms with E-state index in [1.165, 1.54) is 12.1 Å². The molecule has 0 amide bonds. The van der Waals surface area contributed by atoms with Crippen LogP contribution in [0.4, 0.5) is 5.69 Å². The van der Waals surface area contributed by atoms with E-state index in [0.29, 0.717) is 0 Å². The molecule has 6 heteroatoms.